The van der Waals surface area contributed by atoms with E-state index >= 15 is 0 Å². The Morgan fingerprint density at radius 3 is 2.36 bits per heavy atom. The fraction of sp³-hybridized carbons (Fsp3) is 0.200. The standard InChI is InChI=1S/C35H33N5O2S3/c1-35(2,3)25-14-17-28(18-15-25)42-21-31-38-39-33(40(31)27-12-8-5-9-13-27)43-23-32(41)36-26-16-19-29-30(20-26)45-34(37-29)44-22-24-10-6-4-7-11-24/h4-20H,21-23H2,1-3H3,(H,36,41). The van der Waals surface area contributed by atoms with Crippen molar-refractivity contribution in [3.8, 4) is 11.4 Å². The van der Waals surface area contributed by atoms with Crippen LogP contribution in [0.3, 0.4) is 0 Å². The molecule has 10 heteroatoms. The summed E-state index contributed by atoms with van der Waals surface area (Å²) in [6.07, 6.45) is 0. The summed E-state index contributed by atoms with van der Waals surface area (Å²) < 4.78 is 10.1. The zero-order valence-corrected chi connectivity index (χ0v) is 27.7. The number of hydrogen-bond donors (Lipinski definition) is 1. The number of thioether (sulfide) groups is 2. The van der Waals surface area contributed by atoms with Crippen molar-refractivity contribution in [1.29, 1.82) is 0 Å². The second-order valence-electron chi connectivity index (χ2n) is 11.4. The number of hydrogen-bond acceptors (Lipinski definition) is 8. The zero-order chi connectivity index (χ0) is 31.2. The monoisotopic (exact) mass is 651 g/mol. The third-order valence-corrected chi connectivity index (χ3v) is 10.2. The Morgan fingerprint density at radius 2 is 1.62 bits per heavy atom. The summed E-state index contributed by atoms with van der Waals surface area (Å²) >= 11 is 4.70. The van der Waals surface area contributed by atoms with Crippen LogP contribution >= 0.6 is 34.9 Å². The molecule has 7 nitrogen and oxygen atoms in total. The first-order valence-corrected chi connectivity index (χ1v) is 17.3. The topological polar surface area (TPSA) is 81.9 Å². The zero-order valence-electron chi connectivity index (χ0n) is 25.3. The van der Waals surface area contributed by atoms with Gasteiger partial charge in [-0.15, -0.1) is 21.5 Å². The van der Waals surface area contributed by atoms with Gasteiger partial charge in [0.25, 0.3) is 0 Å². The molecule has 0 saturated heterocycles. The van der Waals surface area contributed by atoms with Gasteiger partial charge in [-0.25, -0.2) is 4.98 Å². The molecular formula is C35H33N5O2S3. The summed E-state index contributed by atoms with van der Waals surface area (Å²) in [5.41, 5.74) is 5.16. The molecule has 4 aromatic carbocycles. The number of benzene rings is 4. The van der Waals surface area contributed by atoms with Crippen LogP contribution in [-0.4, -0.2) is 31.4 Å². The van der Waals surface area contributed by atoms with E-state index < -0.39 is 0 Å². The minimum absolute atomic E-state index is 0.0731. The smallest absolute Gasteiger partial charge is 0.234 e. The fourth-order valence-corrected chi connectivity index (χ4v) is 7.45. The van der Waals surface area contributed by atoms with E-state index in [4.69, 9.17) is 9.72 Å². The number of nitrogens with zero attached hydrogens (tertiary/aromatic N) is 4. The van der Waals surface area contributed by atoms with Crippen LogP contribution in [0.5, 0.6) is 5.75 Å². The summed E-state index contributed by atoms with van der Waals surface area (Å²) in [4.78, 5) is 17.8. The molecule has 0 saturated carbocycles. The number of nitrogens with one attached hydrogen (secondary N) is 1. The van der Waals surface area contributed by atoms with Crippen LogP contribution in [0.2, 0.25) is 0 Å². The minimum Gasteiger partial charge on any atom is -0.486 e. The van der Waals surface area contributed by atoms with Gasteiger partial charge < -0.3 is 10.1 Å². The second-order valence-corrected chi connectivity index (χ2v) is 14.6. The normalized spacial score (nSPS) is 11.5. The molecule has 2 aromatic heterocycles. The molecule has 0 aliphatic heterocycles. The van der Waals surface area contributed by atoms with Gasteiger partial charge in [-0.3, -0.25) is 9.36 Å². The van der Waals surface area contributed by atoms with E-state index in [0.717, 1.165) is 37.4 Å². The molecule has 45 heavy (non-hydrogen) atoms. The molecule has 6 aromatic rings. The quantitative estimate of drug-likeness (QED) is 0.140. The first-order chi connectivity index (χ1) is 21.8. The van der Waals surface area contributed by atoms with Gasteiger partial charge in [0.15, 0.2) is 15.3 Å². The molecule has 6 rings (SSSR count). The molecule has 0 radical (unpaired) electrons. The highest BCUT2D eigenvalue weighted by molar-refractivity contribution is 8.00. The molecule has 0 fully saturated rings. The lowest BCUT2D eigenvalue weighted by atomic mass is 9.87. The highest BCUT2D eigenvalue weighted by Crippen LogP contribution is 2.33. The number of rotatable bonds is 11. The summed E-state index contributed by atoms with van der Waals surface area (Å²) in [5.74, 6) is 2.34. The molecule has 0 unspecified atom stereocenters. The van der Waals surface area contributed by atoms with E-state index in [0.29, 0.717) is 11.0 Å². The highest BCUT2D eigenvalue weighted by atomic mass is 32.2. The maximum Gasteiger partial charge on any atom is 0.234 e. The lowest BCUT2D eigenvalue weighted by Gasteiger charge is -2.19. The van der Waals surface area contributed by atoms with Gasteiger partial charge in [0, 0.05) is 17.1 Å². The number of aromatic nitrogens is 4. The summed E-state index contributed by atoms with van der Waals surface area (Å²) in [5, 5.41) is 12.5. The van der Waals surface area contributed by atoms with E-state index in [1.165, 1.54) is 22.9 Å². The van der Waals surface area contributed by atoms with Crippen molar-refractivity contribution < 1.29 is 9.53 Å². The van der Waals surface area contributed by atoms with Gasteiger partial charge in [-0.2, -0.15) is 0 Å². The maximum atomic E-state index is 13.0. The molecule has 1 amide bonds. The minimum atomic E-state index is -0.123. The van der Waals surface area contributed by atoms with Crippen LogP contribution in [0.15, 0.2) is 113 Å². The Balaban J connectivity index is 1.10. The number of ether oxygens (including phenoxy) is 1. The Kier molecular flexibility index (Phi) is 9.53. The average Bonchev–Trinajstić information content (AvgIpc) is 3.66. The van der Waals surface area contributed by atoms with Crippen molar-refractivity contribution in [2.24, 2.45) is 0 Å². The molecule has 0 spiro atoms. The predicted octanol–water partition coefficient (Wildman–Crippen LogP) is 8.78. The number of anilines is 1. The van der Waals surface area contributed by atoms with Crippen LogP contribution in [0.25, 0.3) is 15.9 Å². The Morgan fingerprint density at radius 1 is 0.889 bits per heavy atom. The number of carbonyl (C=O) groups excluding carboxylic acids is 1. The third-order valence-electron chi connectivity index (χ3n) is 6.99. The molecule has 0 aliphatic carbocycles. The van der Waals surface area contributed by atoms with Crippen molar-refractivity contribution in [2.75, 3.05) is 11.1 Å². The van der Waals surface area contributed by atoms with E-state index in [1.807, 2.05) is 83.4 Å². The summed E-state index contributed by atoms with van der Waals surface area (Å²) in [6, 6.07) is 34.2. The molecule has 0 bridgehead atoms. The number of fused-ring (bicyclic) bond motifs is 1. The van der Waals surface area contributed by atoms with Crippen LogP contribution < -0.4 is 10.1 Å². The van der Waals surface area contributed by atoms with E-state index in [-0.39, 0.29) is 23.7 Å². The van der Waals surface area contributed by atoms with Gasteiger partial charge in [-0.1, -0.05) is 105 Å². The van der Waals surface area contributed by atoms with Crippen LogP contribution in [0.1, 0.15) is 37.7 Å². The third kappa shape index (κ3) is 7.94. The summed E-state index contributed by atoms with van der Waals surface area (Å²) in [7, 11) is 0. The largest absolute Gasteiger partial charge is 0.486 e. The maximum absolute atomic E-state index is 13.0. The average molecular weight is 652 g/mol. The molecule has 228 valence electrons. The lowest BCUT2D eigenvalue weighted by molar-refractivity contribution is -0.113. The first-order valence-electron chi connectivity index (χ1n) is 14.5. The number of para-hydroxylation sites is 1. The highest BCUT2D eigenvalue weighted by Gasteiger charge is 2.18. The van der Waals surface area contributed by atoms with Crippen molar-refractivity contribution in [2.45, 2.75) is 48.0 Å². The number of amides is 1. The van der Waals surface area contributed by atoms with E-state index in [2.05, 4.69) is 60.6 Å². The molecule has 1 N–H and O–H groups in total. The van der Waals surface area contributed by atoms with Crippen molar-refractivity contribution in [3.05, 3.63) is 120 Å². The second kappa shape index (κ2) is 13.9. The van der Waals surface area contributed by atoms with Gasteiger partial charge in [0.1, 0.15) is 12.4 Å². The van der Waals surface area contributed by atoms with E-state index in [1.54, 1.807) is 23.1 Å². The van der Waals surface area contributed by atoms with Gasteiger partial charge >= 0.3 is 0 Å². The van der Waals surface area contributed by atoms with Crippen molar-refractivity contribution in [3.63, 3.8) is 0 Å². The van der Waals surface area contributed by atoms with Crippen molar-refractivity contribution >= 4 is 56.7 Å². The Bertz CT molecular complexity index is 1880. The number of thiazole rings is 1. The fourth-order valence-electron chi connectivity index (χ4n) is 4.61. The summed E-state index contributed by atoms with van der Waals surface area (Å²) in [6.45, 7) is 6.80. The van der Waals surface area contributed by atoms with Crippen LogP contribution in [0.4, 0.5) is 5.69 Å². The molecule has 0 atom stereocenters. The molecule has 0 aliphatic rings. The SMILES string of the molecule is CC(C)(C)c1ccc(OCc2nnc(SCC(=O)Nc3ccc4nc(SCc5ccccc5)sc4c3)n2-c2ccccc2)cc1. The molecular weight excluding hydrogens is 619 g/mol. The Hall–Kier alpha value is -4.12. The van der Waals surface area contributed by atoms with Gasteiger partial charge in [0.2, 0.25) is 5.91 Å². The van der Waals surface area contributed by atoms with Crippen LogP contribution in [0, 0.1) is 0 Å². The molecule has 2 heterocycles. The van der Waals surface area contributed by atoms with Crippen LogP contribution in [-0.2, 0) is 22.6 Å². The predicted molar refractivity (Wildman–Crippen MR) is 186 cm³/mol. The number of carbonyl (C=O) groups is 1. The Labute approximate surface area is 275 Å². The van der Waals surface area contributed by atoms with Gasteiger partial charge in [-0.05, 0) is 59.0 Å². The lowest BCUT2D eigenvalue weighted by Crippen LogP contribution is -2.14. The van der Waals surface area contributed by atoms with Crippen molar-refractivity contribution in [1.82, 2.24) is 19.7 Å². The van der Waals surface area contributed by atoms with Gasteiger partial charge in [0.05, 0.1) is 16.0 Å². The van der Waals surface area contributed by atoms with E-state index in [9.17, 15) is 4.79 Å². The first kappa shape index (κ1) is 30.9.